The van der Waals surface area contributed by atoms with E-state index in [1.807, 2.05) is 65.6 Å². The number of hydrogen-bond donors (Lipinski definition) is 1. The highest BCUT2D eigenvalue weighted by molar-refractivity contribution is 6.32. The van der Waals surface area contributed by atoms with Crippen molar-refractivity contribution < 1.29 is 9.53 Å². The molecule has 1 saturated heterocycles. The standard InChI is InChI=1S/C26H27Cl2N3O2/c27-21-10-8-19(9-11-21)25(23-6-3-4-14-30-23)31(26(32)20-12-15-29-16-13-20)17-18-33-24-7-2-1-5-22(24)28/h1-11,14,20,25,29H,12-13,15-18H2/t25-/m0/s1. The molecule has 1 fully saturated rings. The number of aromatic nitrogens is 1. The van der Waals surface area contributed by atoms with Gasteiger partial charge in [0.15, 0.2) is 0 Å². The van der Waals surface area contributed by atoms with Gasteiger partial charge in [-0.3, -0.25) is 9.78 Å². The van der Waals surface area contributed by atoms with Crippen LogP contribution in [0.5, 0.6) is 5.75 Å². The lowest BCUT2D eigenvalue weighted by atomic mass is 9.93. The van der Waals surface area contributed by atoms with Crippen LogP contribution in [0.3, 0.4) is 0 Å². The van der Waals surface area contributed by atoms with Gasteiger partial charge in [-0.15, -0.1) is 0 Å². The summed E-state index contributed by atoms with van der Waals surface area (Å²) < 4.78 is 5.97. The first-order valence-corrected chi connectivity index (χ1v) is 11.9. The zero-order valence-electron chi connectivity index (χ0n) is 18.3. The minimum absolute atomic E-state index is 0.0370. The Kier molecular flexibility index (Phi) is 8.21. The van der Waals surface area contributed by atoms with E-state index in [4.69, 9.17) is 27.9 Å². The van der Waals surface area contributed by atoms with Crippen molar-refractivity contribution in [3.8, 4) is 5.75 Å². The first kappa shape index (κ1) is 23.6. The van der Waals surface area contributed by atoms with Crippen molar-refractivity contribution in [2.24, 2.45) is 5.92 Å². The quantitative estimate of drug-likeness (QED) is 0.466. The number of nitrogens with one attached hydrogen (secondary N) is 1. The van der Waals surface area contributed by atoms with Crippen molar-refractivity contribution >= 4 is 29.1 Å². The van der Waals surface area contributed by atoms with Crippen LogP contribution < -0.4 is 10.1 Å². The fourth-order valence-corrected chi connectivity index (χ4v) is 4.50. The zero-order valence-corrected chi connectivity index (χ0v) is 19.8. The average molecular weight is 484 g/mol. The molecule has 0 unspecified atom stereocenters. The summed E-state index contributed by atoms with van der Waals surface area (Å²) in [5.41, 5.74) is 1.76. The first-order chi connectivity index (χ1) is 16.1. The van der Waals surface area contributed by atoms with Gasteiger partial charge in [0, 0.05) is 17.1 Å². The van der Waals surface area contributed by atoms with Crippen molar-refractivity contribution in [1.29, 1.82) is 0 Å². The molecule has 0 aliphatic carbocycles. The number of carbonyl (C=O) groups is 1. The number of benzene rings is 2. The maximum Gasteiger partial charge on any atom is 0.226 e. The number of halogens is 2. The highest BCUT2D eigenvalue weighted by Gasteiger charge is 2.33. The third kappa shape index (κ3) is 6.05. The molecule has 2 heterocycles. The van der Waals surface area contributed by atoms with Crippen LogP contribution in [0.2, 0.25) is 10.0 Å². The Hall–Kier alpha value is -2.60. The van der Waals surface area contributed by atoms with E-state index >= 15 is 0 Å². The van der Waals surface area contributed by atoms with E-state index in [1.165, 1.54) is 0 Å². The van der Waals surface area contributed by atoms with E-state index in [9.17, 15) is 4.79 Å². The number of ether oxygens (including phenoxy) is 1. The number of piperidine rings is 1. The lowest BCUT2D eigenvalue weighted by molar-refractivity contribution is -0.138. The number of carbonyl (C=O) groups excluding carboxylic acids is 1. The highest BCUT2D eigenvalue weighted by Crippen LogP contribution is 2.31. The lowest BCUT2D eigenvalue weighted by Crippen LogP contribution is -2.45. The van der Waals surface area contributed by atoms with Crippen molar-refractivity contribution in [3.05, 3.63) is 94.2 Å². The van der Waals surface area contributed by atoms with Crippen LogP contribution in [0, 0.1) is 5.92 Å². The fraction of sp³-hybridized carbons (Fsp3) is 0.308. The van der Waals surface area contributed by atoms with Gasteiger partial charge in [0.05, 0.1) is 23.3 Å². The maximum atomic E-state index is 13.8. The maximum absolute atomic E-state index is 13.8. The third-order valence-corrected chi connectivity index (χ3v) is 6.43. The van der Waals surface area contributed by atoms with Crippen LogP contribution in [-0.2, 0) is 4.79 Å². The minimum Gasteiger partial charge on any atom is -0.490 e. The molecule has 5 nitrogen and oxygen atoms in total. The third-order valence-electron chi connectivity index (χ3n) is 5.86. The molecule has 33 heavy (non-hydrogen) atoms. The normalized spacial score (nSPS) is 15.1. The molecule has 0 saturated carbocycles. The van der Waals surface area contributed by atoms with Crippen LogP contribution in [-0.4, -0.2) is 42.0 Å². The van der Waals surface area contributed by atoms with Crippen molar-refractivity contribution in [2.75, 3.05) is 26.2 Å². The summed E-state index contributed by atoms with van der Waals surface area (Å²) in [4.78, 5) is 20.3. The van der Waals surface area contributed by atoms with Crippen LogP contribution in [0.25, 0.3) is 0 Å². The summed E-state index contributed by atoms with van der Waals surface area (Å²) in [5, 5.41) is 4.54. The summed E-state index contributed by atoms with van der Waals surface area (Å²) in [6.07, 6.45) is 3.39. The van der Waals surface area contributed by atoms with Crippen LogP contribution >= 0.6 is 23.2 Å². The van der Waals surface area contributed by atoms with Crippen LogP contribution in [0.4, 0.5) is 0 Å². The molecule has 1 aliphatic rings. The lowest BCUT2D eigenvalue weighted by Gasteiger charge is -2.35. The van der Waals surface area contributed by atoms with Gasteiger partial charge < -0.3 is 15.0 Å². The second kappa shape index (κ2) is 11.5. The van der Waals surface area contributed by atoms with Gasteiger partial charge in [0.1, 0.15) is 12.4 Å². The van der Waals surface area contributed by atoms with Gasteiger partial charge in [0.25, 0.3) is 0 Å². The summed E-state index contributed by atoms with van der Waals surface area (Å²) in [5.74, 6) is 0.684. The smallest absolute Gasteiger partial charge is 0.226 e. The van der Waals surface area contributed by atoms with Gasteiger partial charge in [-0.25, -0.2) is 0 Å². The largest absolute Gasteiger partial charge is 0.490 e. The Morgan fingerprint density at radius 2 is 1.76 bits per heavy atom. The van der Waals surface area contributed by atoms with Gasteiger partial charge in [-0.05, 0) is 67.9 Å². The number of nitrogens with zero attached hydrogens (tertiary/aromatic N) is 2. The van der Waals surface area contributed by atoms with Gasteiger partial charge in [-0.1, -0.05) is 53.5 Å². The van der Waals surface area contributed by atoms with Crippen molar-refractivity contribution in [1.82, 2.24) is 15.2 Å². The van der Waals surface area contributed by atoms with Crippen molar-refractivity contribution in [2.45, 2.75) is 18.9 Å². The minimum atomic E-state index is -0.347. The molecule has 0 radical (unpaired) electrons. The Labute approximate surface area is 204 Å². The molecule has 4 rings (SSSR count). The van der Waals surface area contributed by atoms with Crippen LogP contribution in [0.15, 0.2) is 72.9 Å². The molecule has 172 valence electrons. The molecule has 1 atom stereocenters. The first-order valence-electron chi connectivity index (χ1n) is 11.2. The van der Waals surface area contributed by atoms with E-state index in [1.54, 1.807) is 12.3 Å². The van der Waals surface area contributed by atoms with E-state index in [2.05, 4.69) is 10.3 Å². The van der Waals surface area contributed by atoms with Gasteiger partial charge in [0.2, 0.25) is 5.91 Å². The number of pyridine rings is 1. The Balaban J connectivity index is 1.65. The summed E-state index contributed by atoms with van der Waals surface area (Å²) in [6.45, 7) is 2.40. The molecule has 1 N–H and O–H groups in total. The monoisotopic (exact) mass is 483 g/mol. The van der Waals surface area contributed by atoms with E-state index in [-0.39, 0.29) is 17.9 Å². The molecular formula is C26H27Cl2N3O2. The predicted molar refractivity (Wildman–Crippen MR) is 132 cm³/mol. The molecule has 1 aromatic heterocycles. The Morgan fingerprint density at radius 1 is 1.03 bits per heavy atom. The molecule has 1 amide bonds. The second-order valence-electron chi connectivity index (χ2n) is 8.04. The highest BCUT2D eigenvalue weighted by atomic mass is 35.5. The van der Waals surface area contributed by atoms with Gasteiger partial charge >= 0.3 is 0 Å². The fourth-order valence-electron chi connectivity index (χ4n) is 4.18. The Bertz CT molecular complexity index is 1040. The Morgan fingerprint density at radius 3 is 2.45 bits per heavy atom. The molecule has 7 heteroatoms. The number of para-hydroxylation sites is 1. The average Bonchev–Trinajstić information content (AvgIpc) is 2.86. The molecule has 3 aromatic rings. The van der Waals surface area contributed by atoms with Gasteiger partial charge in [-0.2, -0.15) is 0 Å². The molecule has 2 aromatic carbocycles. The summed E-state index contributed by atoms with van der Waals surface area (Å²) in [6, 6.07) is 20.4. The molecule has 1 aliphatic heterocycles. The topological polar surface area (TPSA) is 54.5 Å². The number of rotatable bonds is 8. The summed E-state index contributed by atoms with van der Waals surface area (Å²) in [7, 11) is 0. The molecule has 0 spiro atoms. The molecule has 0 bridgehead atoms. The SMILES string of the molecule is O=C(C1CCNCC1)N(CCOc1ccccc1Cl)[C@@H](c1ccc(Cl)cc1)c1ccccn1. The van der Waals surface area contributed by atoms with E-state index < -0.39 is 0 Å². The summed E-state index contributed by atoms with van der Waals surface area (Å²) >= 11 is 12.4. The van der Waals surface area contributed by atoms with Crippen LogP contribution in [0.1, 0.15) is 30.1 Å². The second-order valence-corrected chi connectivity index (χ2v) is 8.89. The van der Waals surface area contributed by atoms with E-state index in [0.717, 1.165) is 37.2 Å². The zero-order chi connectivity index (χ0) is 23.0. The predicted octanol–water partition coefficient (Wildman–Crippen LogP) is 5.39. The molecular weight excluding hydrogens is 457 g/mol. The van der Waals surface area contributed by atoms with E-state index in [0.29, 0.717) is 28.9 Å². The number of hydrogen-bond acceptors (Lipinski definition) is 4. The van der Waals surface area contributed by atoms with Crippen molar-refractivity contribution in [3.63, 3.8) is 0 Å². The number of amides is 1.